The van der Waals surface area contributed by atoms with E-state index < -0.39 is 24.9 Å². The molecule has 1 aliphatic heterocycles. The van der Waals surface area contributed by atoms with Crippen LogP contribution in [0, 0.1) is 5.82 Å². The highest BCUT2D eigenvalue weighted by Gasteiger charge is 2.43. The van der Waals surface area contributed by atoms with Gasteiger partial charge in [-0.2, -0.15) is 0 Å². The van der Waals surface area contributed by atoms with Crippen LogP contribution in [0.3, 0.4) is 0 Å². The molecule has 1 aromatic carbocycles. The molecule has 2 rings (SSSR count). The molecule has 1 fully saturated rings. The summed E-state index contributed by atoms with van der Waals surface area (Å²) in [5.41, 5.74) is 0.643. The number of alkyl halides is 2. The minimum Gasteiger partial charge on any atom is -0.337 e. The topological polar surface area (TPSA) is 32.3 Å². The molecule has 1 aliphatic rings. The maximum Gasteiger partial charge on any atom is 0.262 e. The minimum atomic E-state index is -2.83. The van der Waals surface area contributed by atoms with E-state index in [0.717, 1.165) is 0 Å². The number of carbonyl (C=O) groups excluding carboxylic acids is 1. The van der Waals surface area contributed by atoms with E-state index in [2.05, 4.69) is 5.32 Å². The van der Waals surface area contributed by atoms with Gasteiger partial charge < -0.3 is 4.90 Å². The number of hydrogen-bond donors (Lipinski definition) is 1. The zero-order chi connectivity index (χ0) is 14.8. The van der Waals surface area contributed by atoms with Gasteiger partial charge in [0.25, 0.3) is 5.92 Å². The number of rotatable bonds is 4. The van der Waals surface area contributed by atoms with Crippen molar-refractivity contribution < 1.29 is 18.0 Å². The van der Waals surface area contributed by atoms with Gasteiger partial charge in [0.1, 0.15) is 5.82 Å². The maximum absolute atomic E-state index is 13.1. The van der Waals surface area contributed by atoms with Gasteiger partial charge in [-0.15, -0.1) is 12.4 Å². The van der Waals surface area contributed by atoms with Gasteiger partial charge in [-0.3, -0.25) is 10.1 Å². The molecule has 1 N–H and O–H groups in total. The Morgan fingerprint density at radius 2 is 2.19 bits per heavy atom. The number of amides is 1. The molecular weight excluding hydrogens is 305 g/mol. The van der Waals surface area contributed by atoms with Crippen molar-refractivity contribution in [1.29, 1.82) is 0 Å². The van der Waals surface area contributed by atoms with Crippen LogP contribution in [0.1, 0.15) is 18.9 Å². The molecule has 0 saturated carbocycles. The highest BCUT2D eigenvalue weighted by Crippen LogP contribution is 2.26. The summed E-state index contributed by atoms with van der Waals surface area (Å²) in [6, 6.07) is 5.06. The number of benzene rings is 1. The molecule has 21 heavy (non-hydrogen) atoms. The van der Waals surface area contributed by atoms with Crippen LogP contribution >= 0.6 is 12.4 Å². The Morgan fingerprint density at radius 3 is 2.71 bits per heavy atom. The third kappa shape index (κ3) is 4.61. The quantitative estimate of drug-likeness (QED) is 0.924. The first-order valence-corrected chi connectivity index (χ1v) is 6.56. The lowest BCUT2D eigenvalue weighted by Crippen LogP contribution is -2.43. The van der Waals surface area contributed by atoms with E-state index in [0.29, 0.717) is 12.1 Å². The van der Waals surface area contributed by atoms with Crippen molar-refractivity contribution in [2.24, 2.45) is 0 Å². The predicted octanol–water partition coefficient (Wildman–Crippen LogP) is 2.59. The Hall–Kier alpha value is -1.27. The van der Waals surface area contributed by atoms with Gasteiger partial charge in [-0.25, -0.2) is 13.2 Å². The van der Waals surface area contributed by atoms with E-state index in [1.54, 1.807) is 19.1 Å². The molecule has 1 atom stereocenters. The van der Waals surface area contributed by atoms with Gasteiger partial charge >= 0.3 is 0 Å². The van der Waals surface area contributed by atoms with E-state index in [1.165, 1.54) is 17.0 Å². The fraction of sp³-hybridized carbons (Fsp3) is 0.500. The number of nitrogens with one attached hydrogen (secondary N) is 1. The van der Waals surface area contributed by atoms with E-state index in [-0.39, 0.29) is 30.7 Å². The first-order chi connectivity index (χ1) is 9.41. The second-order valence-corrected chi connectivity index (χ2v) is 4.98. The average Bonchev–Trinajstić information content (AvgIpc) is 2.75. The molecule has 0 aliphatic carbocycles. The molecule has 1 amide bonds. The van der Waals surface area contributed by atoms with Crippen LogP contribution in [0.2, 0.25) is 0 Å². The monoisotopic (exact) mass is 322 g/mol. The fourth-order valence-corrected chi connectivity index (χ4v) is 2.31. The van der Waals surface area contributed by atoms with Crippen molar-refractivity contribution in [2.75, 3.05) is 13.1 Å². The van der Waals surface area contributed by atoms with Gasteiger partial charge in [0.15, 0.2) is 0 Å². The summed E-state index contributed by atoms with van der Waals surface area (Å²) in [6.45, 7) is 1.90. The Labute approximate surface area is 127 Å². The van der Waals surface area contributed by atoms with Crippen molar-refractivity contribution in [2.45, 2.75) is 31.9 Å². The molecule has 0 spiro atoms. The standard InChI is InChI=1S/C14H17F3N2O.ClH/c1-2-19(8-10-4-3-5-11(15)6-10)13(20)12-7-14(16,17)9-18-12;/h3-6,12,18H,2,7-9H2,1H3;1H. The summed E-state index contributed by atoms with van der Waals surface area (Å²) in [5.74, 6) is -3.58. The van der Waals surface area contributed by atoms with Crippen molar-refractivity contribution in [3.05, 3.63) is 35.6 Å². The third-order valence-corrected chi connectivity index (χ3v) is 3.36. The SMILES string of the molecule is CCN(Cc1cccc(F)c1)C(=O)C1CC(F)(F)CN1.Cl. The smallest absolute Gasteiger partial charge is 0.262 e. The number of carbonyl (C=O) groups is 1. The van der Waals surface area contributed by atoms with E-state index in [9.17, 15) is 18.0 Å². The first-order valence-electron chi connectivity index (χ1n) is 6.56. The Balaban J connectivity index is 0.00000220. The minimum absolute atomic E-state index is 0. The highest BCUT2D eigenvalue weighted by molar-refractivity contribution is 5.85. The zero-order valence-corrected chi connectivity index (χ0v) is 12.4. The van der Waals surface area contributed by atoms with Gasteiger partial charge in [-0.1, -0.05) is 12.1 Å². The second-order valence-electron chi connectivity index (χ2n) is 4.98. The Bertz CT molecular complexity index is 499. The molecule has 0 bridgehead atoms. The van der Waals surface area contributed by atoms with Crippen LogP contribution in [-0.4, -0.2) is 35.9 Å². The number of likely N-dealkylation sites (N-methyl/N-ethyl adjacent to an activating group) is 1. The molecule has 0 radical (unpaired) electrons. The molecular formula is C14H18ClF3N2O. The summed E-state index contributed by atoms with van der Waals surface area (Å²) in [7, 11) is 0. The summed E-state index contributed by atoms with van der Waals surface area (Å²) < 4.78 is 39.3. The van der Waals surface area contributed by atoms with E-state index in [1.807, 2.05) is 0 Å². The van der Waals surface area contributed by atoms with Crippen LogP contribution in [0.25, 0.3) is 0 Å². The van der Waals surface area contributed by atoms with E-state index >= 15 is 0 Å². The molecule has 0 aromatic heterocycles. The Morgan fingerprint density at radius 1 is 1.48 bits per heavy atom. The largest absolute Gasteiger partial charge is 0.337 e. The van der Waals surface area contributed by atoms with Crippen molar-refractivity contribution in [3.63, 3.8) is 0 Å². The van der Waals surface area contributed by atoms with Gasteiger partial charge in [0, 0.05) is 19.5 Å². The highest BCUT2D eigenvalue weighted by atomic mass is 35.5. The van der Waals surface area contributed by atoms with Gasteiger partial charge in [0.05, 0.1) is 12.6 Å². The lowest BCUT2D eigenvalue weighted by atomic mass is 10.1. The first kappa shape index (κ1) is 17.8. The third-order valence-electron chi connectivity index (χ3n) is 3.36. The molecule has 1 heterocycles. The van der Waals surface area contributed by atoms with Gasteiger partial charge in [0.2, 0.25) is 5.91 Å². The van der Waals surface area contributed by atoms with Crippen LogP contribution in [0.15, 0.2) is 24.3 Å². The summed E-state index contributed by atoms with van der Waals surface area (Å²) in [5, 5.41) is 2.54. The molecule has 1 saturated heterocycles. The average molecular weight is 323 g/mol. The summed E-state index contributed by atoms with van der Waals surface area (Å²) in [6.07, 6.45) is -0.481. The predicted molar refractivity (Wildman–Crippen MR) is 76.1 cm³/mol. The maximum atomic E-state index is 13.1. The molecule has 1 aromatic rings. The van der Waals surface area contributed by atoms with Crippen LogP contribution in [-0.2, 0) is 11.3 Å². The zero-order valence-electron chi connectivity index (χ0n) is 11.6. The molecule has 1 unspecified atom stereocenters. The van der Waals surface area contributed by atoms with Crippen LogP contribution in [0.5, 0.6) is 0 Å². The lowest BCUT2D eigenvalue weighted by Gasteiger charge is -2.24. The van der Waals surface area contributed by atoms with Crippen molar-refractivity contribution in [3.8, 4) is 0 Å². The normalized spacial score (nSPS) is 19.9. The van der Waals surface area contributed by atoms with Gasteiger partial charge in [-0.05, 0) is 24.6 Å². The van der Waals surface area contributed by atoms with Crippen LogP contribution in [0.4, 0.5) is 13.2 Å². The summed E-state index contributed by atoms with van der Waals surface area (Å²) in [4.78, 5) is 13.6. The lowest BCUT2D eigenvalue weighted by molar-refractivity contribution is -0.134. The molecule has 3 nitrogen and oxygen atoms in total. The summed E-state index contributed by atoms with van der Waals surface area (Å²) >= 11 is 0. The second kappa shape index (κ2) is 7.13. The van der Waals surface area contributed by atoms with Crippen molar-refractivity contribution in [1.82, 2.24) is 10.2 Å². The van der Waals surface area contributed by atoms with E-state index in [4.69, 9.17) is 0 Å². The Kier molecular flexibility index (Phi) is 6.04. The van der Waals surface area contributed by atoms with Crippen molar-refractivity contribution >= 4 is 18.3 Å². The number of halogens is 4. The fourth-order valence-electron chi connectivity index (χ4n) is 2.31. The number of nitrogens with zero attached hydrogens (tertiary/aromatic N) is 1. The number of hydrogen-bond acceptors (Lipinski definition) is 2. The van der Waals surface area contributed by atoms with Crippen LogP contribution < -0.4 is 5.32 Å². The molecule has 7 heteroatoms. The molecule has 118 valence electrons.